The second-order valence-corrected chi connectivity index (χ2v) is 4.59. The van der Waals surface area contributed by atoms with Crippen molar-refractivity contribution in [3.63, 3.8) is 0 Å². The minimum atomic E-state index is -5.05. The fourth-order valence-corrected chi connectivity index (χ4v) is 1.63. The highest BCUT2D eigenvalue weighted by atomic mass is 79.9. The van der Waals surface area contributed by atoms with E-state index in [1.54, 1.807) is 17.4 Å². The monoisotopic (exact) mass is 339 g/mol. The third-order valence-electron chi connectivity index (χ3n) is 2.21. The average molecular weight is 340 g/mol. The molecule has 104 valence electrons. The number of alkyl halides is 3. The molecule has 0 aliphatic rings. The second-order valence-electron chi connectivity index (χ2n) is 3.67. The summed E-state index contributed by atoms with van der Waals surface area (Å²) in [5.41, 5.74) is 0.281. The summed E-state index contributed by atoms with van der Waals surface area (Å²) >= 11 is 3.14. The molecule has 1 rings (SSSR count). The maximum Gasteiger partial charge on any atom is 0.471 e. The Morgan fingerprint density at radius 1 is 1.26 bits per heavy atom. The number of amides is 1. The maximum absolute atomic E-state index is 12.2. The lowest BCUT2D eigenvalue weighted by atomic mass is 10.0. The van der Waals surface area contributed by atoms with E-state index in [-0.39, 0.29) is 5.56 Å². The van der Waals surface area contributed by atoms with Gasteiger partial charge in [0.15, 0.2) is 0 Å². The number of hydrogen-bond donors (Lipinski definition) is 2. The van der Waals surface area contributed by atoms with Gasteiger partial charge in [0.05, 0.1) is 12.5 Å². The van der Waals surface area contributed by atoms with E-state index in [1.165, 1.54) is 12.1 Å². The third kappa shape index (κ3) is 4.90. The van der Waals surface area contributed by atoms with E-state index in [1.807, 2.05) is 0 Å². The van der Waals surface area contributed by atoms with E-state index in [9.17, 15) is 22.8 Å². The molecule has 4 nitrogen and oxygen atoms in total. The molecular formula is C11H9BrF3NO3. The number of aliphatic carboxylic acids is 1. The summed E-state index contributed by atoms with van der Waals surface area (Å²) in [4.78, 5) is 21.5. The minimum absolute atomic E-state index is 0.281. The fourth-order valence-electron chi connectivity index (χ4n) is 1.36. The molecule has 1 atom stereocenters. The molecule has 0 aliphatic carbocycles. The molecule has 0 saturated heterocycles. The summed E-state index contributed by atoms with van der Waals surface area (Å²) in [6.07, 6.45) is -5.68. The van der Waals surface area contributed by atoms with Gasteiger partial charge >= 0.3 is 18.1 Å². The lowest BCUT2D eigenvalue weighted by Gasteiger charge is -2.18. The Labute approximate surface area is 114 Å². The van der Waals surface area contributed by atoms with Crippen LogP contribution in [-0.2, 0) is 9.59 Å². The molecule has 0 spiro atoms. The highest BCUT2D eigenvalue weighted by molar-refractivity contribution is 9.10. The molecule has 0 fully saturated rings. The van der Waals surface area contributed by atoms with E-state index in [4.69, 9.17) is 5.11 Å². The molecule has 0 aromatic heterocycles. The Kier molecular flexibility index (Phi) is 4.93. The Hall–Kier alpha value is -1.57. The number of hydrogen-bond acceptors (Lipinski definition) is 2. The molecule has 0 unspecified atom stereocenters. The Balaban J connectivity index is 2.92. The van der Waals surface area contributed by atoms with Gasteiger partial charge < -0.3 is 10.4 Å². The van der Waals surface area contributed by atoms with Gasteiger partial charge in [-0.3, -0.25) is 9.59 Å². The summed E-state index contributed by atoms with van der Waals surface area (Å²) < 4.78 is 37.2. The zero-order valence-corrected chi connectivity index (χ0v) is 11.0. The van der Waals surface area contributed by atoms with Crippen LogP contribution in [0.2, 0.25) is 0 Å². The fraction of sp³-hybridized carbons (Fsp3) is 0.273. The molecule has 0 radical (unpaired) electrons. The normalized spacial score (nSPS) is 12.8. The van der Waals surface area contributed by atoms with Gasteiger partial charge in [-0.1, -0.05) is 28.1 Å². The number of rotatable bonds is 4. The molecule has 2 N–H and O–H groups in total. The first-order valence-electron chi connectivity index (χ1n) is 5.05. The van der Waals surface area contributed by atoms with Crippen LogP contribution in [0.1, 0.15) is 18.0 Å². The smallest absolute Gasteiger partial charge is 0.471 e. The van der Waals surface area contributed by atoms with Crippen molar-refractivity contribution in [3.05, 3.63) is 34.3 Å². The topological polar surface area (TPSA) is 66.4 Å². The Morgan fingerprint density at radius 3 is 2.21 bits per heavy atom. The summed E-state index contributed by atoms with van der Waals surface area (Å²) in [6.45, 7) is 0. The lowest BCUT2D eigenvalue weighted by molar-refractivity contribution is -0.174. The summed E-state index contributed by atoms with van der Waals surface area (Å²) in [5.74, 6) is -3.47. The van der Waals surface area contributed by atoms with Crippen LogP contribution in [0.15, 0.2) is 28.7 Å². The predicted octanol–water partition coefficient (Wildman–Crippen LogP) is 2.64. The standard InChI is InChI=1S/C11H9BrF3NO3/c12-7-3-1-6(2-4-7)8(5-9(17)18)16-10(19)11(13,14)15/h1-4,8H,5H2,(H,16,19)(H,17,18)/t8-/m0/s1. The largest absolute Gasteiger partial charge is 0.481 e. The molecule has 19 heavy (non-hydrogen) atoms. The van der Waals surface area contributed by atoms with Crippen LogP contribution in [0.3, 0.4) is 0 Å². The van der Waals surface area contributed by atoms with Gasteiger partial charge in [0.1, 0.15) is 0 Å². The highest BCUT2D eigenvalue weighted by Gasteiger charge is 2.40. The first-order valence-corrected chi connectivity index (χ1v) is 5.84. The van der Waals surface area contributed by atoms with Crippen molar-refractivity contribution in [1.82, 2.24) is 5.32 Å². The molecule has 1 amide bonds. The summed E-state index contributed by atoms with van der Waals surface area (Å²) in [6, 6.07) is 4.73. The number of nitrogens with one attached hydrogen (secondary N) is 1. The van der Waals surface area contributed by atoms with E-state index in [0.29, 0.717) is 4.47 Å². The van der Waals surface area contributed by atoms with Gasteiger partial charge in [-0.15, -0.1) is 0 Å². The van der Waals surface area contributed by atoms with Crippen molar-refractivity contribution in [1.29, 1.82) is 0 Å². The first-order chi connectivity index (χ1) is 8.70. The van der Waals surface area contributed by atoms with Crippen molar-refractivity contribution >= 4 is 27.8 Å². The van der Waals surface area contributed by atoms with Gasteiger partial charge in [-0.25, -0.2) is 0 Å². The van der Waals surface area contributed by atoms with Gasteiger partial charge in [-0.2, -0.15) is 13.2 Å². The van der Waals surface area contributed by atoms with Crippen LogP contribution in [0.5, 0.6) is 0 Å². The van der Waals surface area contributed by atoms with Crippen molar-refractivity contribution in [2.75, 3.05) is 0 Å². The van der Waals surface area contributed by atoms with Crippen LogP contribution in [0.4, 0.5) is 13.2 Å². The quantitative estimate of drug-likeness (QED) is 0.886. The van der Waals surface area contributed by atoms with Gasteiger partial charge in [-0.05, 0) is 17.7 Å². The first kappa shape index (κ1) is 15.5. The number of carboxylic acid groups (broad SMARTS) is 1. The molecule has 0 aliphatic heterocycles. The number of carbonyl (C=O) groups is 2. The predicted molar refractivity (Wildman–Crippen MR) is 63.3 cm³/mol. The van der Waals surface area contributed by atoms with Gasteiger partial charge in [0, 0.05) is 4.47 Å². The molecular weight excluding hydrogens is 331 g/mol. The Morgan fingerprint density at radius 2 is 1.79 bits per heavy atom. The van der Waals surface area contributed by atoms with E-state index in [2.05, 4.69) is 15.9 Å². The zero-order valence-electron chi connectivity index (χ0n) is 9.37. The van der Waals surface area contributed by atoms with E-state index in [0.717, 1.165) is 0 Å². The van der Waals surface area contributed by atoms with Gasteiger partial charge in [0.25, 0.3) is 0 Å². The van der Waals surface area contributed by atoms with Crippen molar-refractivity contribution < 1.29 is 27.9 Å². The van der Waals surface area contributed by atoms with Crippen molar-refractivity contribution in [2.24, 2.45) is 0 Å². The average Bonchev–Trinajstić information content (AvgIpc) is 2.27. The minimum Gasteiger partial charge on any atom is -0.481 e. The SMILES string of the molecule is O=C(O)C[C@H](NC(=O)C(F)(F)F)c1ccc(Br)cc1. The molecule has 0 saturated carbocycles. The molecule has 8 heteroatoms. The number of carbonyl (C=O) groups excluding carboxylic acids is 1. The lowest BCUT2D eigenvalue weighted by Crippen LogP contribution is -2.39. The van der Waals surface area contributed by atoms with Crippen LogP contribution in [0, 0.1) is 0 Å². The highest BCUT2D eigenvalue weighted by Crippen LogP contribution is 2.22. The Bertz CT molecular complexity index is 473. The van der Waals surface area contributed by atoms with E-state index >= 15 is 0 Å². The molecule has 0 bridgehead atoms. The summed E-state index contributed by atoms with van der Waals surface area (Å²) in [7, 11) is 0. The molecule has 0 heterocycles. The molecule has 1 aromatic carbocycles. The van der Waals surface area contributed by atoms with Crippen molar-refractivity contribution in [3.8, 4) is 0 Å². The maximum atomic E-state index is 12.2. The van der Waals surface area contributed by atoms with Crippen LogP contribution in [-0.4, -0.2) is 23.2 Å². The number of carboxylic acids is 1. The zero-order chi connectivity index (χ0) is 14.6. The third-order valence-corrected chi connectivity index (χ3v) is 2.74. The van der Waals surface area contributed by atoms with Crippen LogP contribution < -0.4 is 5.32 Å². The van der Waals surface area contributed by atoms with Crippen LogP contribution in [0.25, 0.3) is 0 Å². The number of benzene rings is 1. The van der Waals surface area contributed by atoms with Gasteiger partial charge in [0.2, 0.25) is 0 Å². The number of halogens is 4. The summed E-state index contributed by atoms with van der Waals surface area (Å²) in [5, 5.41) is 10.3. The second kappa shape index (κ2) is 6.05. The molecule has 1 aromatic rings. The van der Waals surface area contributed by atoms with Crippen LogP contribution >= 0.6 is 15.9 Å². The van der Waals surface area contributed by atoms with E-state index < -0.39 is 30.5 Å². The van der Waals surface area contributed by atoms with Crippen molar-refractivity contribution in [2.45, 2.75) is 18.6 Å².